The molecule has 0 saturated carbocycles. The summed E-state index contributed by atoms with van der Waals surface area (Å²) in [4.78, 5) is 0. The van der Waals surface area contributed by atoms with E-state index in [1.807, 2.05) is 54.2 Å². The highest BCUT2D eigenvalue weighted by atomic mass is 35.5. The molecule has 0 aliphatic heterocycles. The van der Waals surface area contributed by atoms with Crippen LogP contribution in [0, 0.1) is 13.8 Å². The van der Waals surface area contributed by atoms with Crippen molar-refractivity contribution in [2.45, 2.75) is 20.4 Å². The highest BCUT2D eigenvalue weighted by Crippen LogP contribution is 2.23. The molecular weight excluding hydrogens is 352 g/mol. The van der Waals surface area contributed by atoms with E-state index in [9.17, 15) is 0 Å². The lowest BCUT2D eigenvalue weighted by Crippen LogP contribution is -2.20. The fraction of sp³-hybridized carbons (Fsp3) is 0.158. The van der Waals surface area contributed by atoms with Gasteiger partial charge in [0, 0.05) is 23.0 Å². The predicted molar refractivity (Wildman–Crippen MR) is 109 cm³/mol. The quantitative estimate of drug-likeness (QED) is 0.633. The molecular formula is C19H19ClN4S. The molecule has 25 heavy (non-hydrogen) atoms. The van der Waals surface area contributed by atoms with Crippen LogP contribution in [0.5, 0.6) is 0 Å². The Labute approximate surface area is 157 Å². The molecule has 3 rings (SSSR count). The van der Waals surface area contributed by atoms with Crippen LogP contribution in [0.15, 0.2) is 54.7 Å². The molecule has 0 spiro atoms. The van der Waals surface area contributed by atoms with Crippen LogP contribution in [-0.4, -0.2) is 14.9 Å². The van der Waals surface area contributed by atoms with Gasteiger partial charge in [0.25, 0.3) is 0 Å². The van der Waals surface area contributed by atoms with E-state index in [-0.39, 0.29) is 0 Å². The van der Waals surface area contributed by atoms with Crippen molar-refractivity contribution in [3.63, 3.8) is 0 Å². The molecule has 1 aromatic heterocycles. The van der Waals surface area contributed by atoms with E-state index in [1.165, 1.54) is 11.1 Å². The maximum Gasteiger partial charge on any atom is 0.176 e. The molecule has 1 heterocycles. The van der Waals surface area contributed by atoms with Gasteiger partial charge in [-0.3, -0.25) is 4.68 Å². The van der Waals surface area contributed by atoms with Gasteiger partial charge in [0.1, 0.15) is 0 Å². The van der Waals surface area contributed by atoms with Gasteiger partial charge in [-0.2, -0.15) is 5.10 Å². The summed E-state index contributed by atoms with van der Waals surface area (Å²) in [7, 11) is 0. The minimum absolute atomic E-state index is 0.478. The Balaban J connectivity index is 1.64. The number of thiocarbonyl (C=S) groups is 1. The van der Waals surface area contributed by atoms with Crippen LogP contribution in [0.2, 0.25) is 5.02 Å². The number of nitrogens with zero attached hydrogens (tertiary/aromatic N) is 2. The summed E-state index contributed by atoms with van der Waals surface area (Å²) in [5, 5.41) is 12.0. The third kappa shape index (κ3) is 4.38. The van der Waals surface area contributed by atoms with Crippen LogP contribution in [-0.2, 0) is 6.54 Å². The van der Waals surface area contributed by atoms with E-state index in [1.54, 1.807) is 0 Å². The number of rotatable bonds is 4. The van der Waals surface area contributed by atoms with E-state index in [2.05, 4.69) is 34.8 Å². The Kier molecular flexibility index (Phi) is 5.36. The van der Waals surface area contributed by atoms with Crippen LogP contribution in [0.3, 0.4) is 0 Å². The molecule has 4 nitrogen and oxygen atoms in total. The van der Waals surface area contributed by atoms with Crippen molar-refractivity contribution < 1.29 is 0 Å². The average molecular weight is 371 g/mol. The normalized spacial score (nSPS) is 10.5. The zero-order valence-electron chi connectivity index (χ0n) is 14.1. The number of aromatic nitrogens is 2. The first kappa shape index (κ1) is 17.5. The second-order valence-electron chi connectivity index (χ2n) is 5.82. The molecule has 128 valence electrons. The van der Waals surface area contributed by atoms with Gasteiger partial charge in [-0.05, 0) is 54.9 Å². The van der Waals surface area contributed by atoms with Gasteiger partial charge >= 0.3 is 0 Å². The van der Waals surface area contributed by atoms with E-state index in [4.69, 9.17) is 23.8 Å². The van der Waals surface area contributed by atoms with E-state index < -0.39 is 0 Å². The summed E-state index contributed by atoms with van der Waals surface area (Å²) in [6.07, 6.45) is 1.93. The largest absolute Gasteiger partial charge is 0.332 e. The third-order valence-electron chi connectivity index (χ3n) is 3.99. The molecule has 0 saturated heterocycles. The summed E-state index contributed by atoms with van der Waals surface area (Å²) in [5.74, 6) is 0.700. The smallest absolute Gasteiger partial charge is 0.176 e. The van der Waals surface area contributed by atoms with Gasteiger partial charge in [0.05, 0.1) is 6.54 Å². The molecule has 3 aromatic rings. The maximum atomic E-state index is 6.13. The lowest BCUT2D eigenvalue weighted by atomic mass is 10.1. The van der Waals surface area contributed by atoms with E-state index in [0.717, 1.165) is 17.8 Å². The van der Waals surface area contributed by atoms with Crippen LogP contribution >= 0.6 is 23.8 Å². The number of hydrogen-bond donors (Lipinski definition) is 2. The SMILES string of the molecule is Cc1ccccc1Cn1ccc(NC(=S)Nc2cccc(Cl)c2C)n1. The molecule has 0 unspecified atom stereocenters. The number of nitrogens with one attached hydrogen (secondary N) is 2. The number of aryl methyl sites for hydroxylation is 1. The zero-order chi connectivity index (χ0) is 17.8. The second kappa shape index (κ2) is 7.68. The van der Waals surface area contributed by atoms with Crippen molar-refractivity contribution in [2.24, 2.45) is 0 Å². The minimum Gasteiger partial charge on any atom is -0.332 e. The molecule has 0 fully saturated rings. The molecule has 0 aliphatic carbocycles. The lowest BCUT2D eigenvalue weighted by molar-refractivity contribution is 0.687. The molecule has 0 radical (unpaired) electrons. The fourth-order valence-electron chi connectivity index (χ4n) is 2.49. The minimum atomic E-state index is 0.478. The monoisotopic (exact) mass is 370 g/mol. The first-order valence-corrected chi connectivity index (χ1v) is 8.72. The summed E-state index contributed by atoms with van der Waals surface area (Å²) >= 11 is 11.5. The average Bonchev–Trinajstić information content (AvgIpc) is 3.01. The Morgan fingerprint density at radius 3 is 2.68 bits per heavy atom. The van der Waals surface area contributed by atoms with Crippen LogP contribution in [0.4, 0.5) is 11.5 Å². The van der Waals surface area contributed by atoms with Gasteiger partial charge in [-0.1, -0.05) is 41.9 Å². The maximum absolute atomic E-state index is 6.13. The number of hydrogen-bond acceptors (Lipinski definition) is 2. The van der Waals surface area contributed by atoms with Crippen molar-refractivity contribution in [1.29, 1.82) is 0 Å². The molecule has 0 atom stereocenters. The highest BCUT2D eigenvalue weighted by Gasteiger charge is 2.06. The van der Waals surface area contributed by atoms with Gasteiger partial charge in [0.2, 0.25) is 0 Å². The molecule has 2 aromatic carbocycles. The Bertz CT molecular complexity index is 904. The van der Waals surface area contributed by atoms with Crippen molar-refractivity contribution in [3.8, 4) is 0 Å². The van der Waals surface area contributed by atoms with Gasteiger partial charge in [-0.15, -0.1) is 0 Å². The van der Waals surface area contributed by atoms with Crippen molar-refractivity contribution in [3.05, 3.63) is 76.4 Å². The Morgan fingerprint density at radius 2 is 1.88 bits per heavy atom. The molecule has 6 heteroatoms. The number of benzene rings is 2. The number of halogens is 1. The summed E-state index contributed by atoms with van der Waals surface area (Å²) in [6.45, 7) is 4.77. The Hall–Kier alpha value is -2.37. The van der Waals surface area contributed by atoms with Crippen LogP contribution < -0.4 is 10.6 Å². The molecule has 0 amide bonds. The van der Waals surface area contributed by atoms with Gasteiger partial charge in [-0.25, -0.2) is 0 Å². The van der Waals surface area contributed by atoms with Crippen molar-refractivity contribution >= 4 is 40.4 Å². The standard InChI is InChI=1S/C19H19ClN4S/c1-13-6-3-4-7-15(13)12-24-11-10-18(23-24)22-19(25)21-17-9-5-8-16(20)14(17)2/h3-11H,12H2,1-2H3,(H2,21,22,23,25). The molecule has 2 N–H and O–H groups in total. The lowest BCUT2D eigenvalue weighted by Gasteiger charge is -2.12. The van der Waals surface area contributed by atoms with Crippen LogP contribution in [0.1, 0.15) is 16.7 Å². The first-order valence-electron chi connectivity index (χ1n) is 7.94. The highest BCUT2D eigenvalue weighted by molar-refractivity contribution is 7.80. The fourth-order valence-corrected chi connectivity index (χ4v) is 2.88. The van der Waals surface area contributed by atoms with Crippen LogP contribution in [0.25, 0.3) is 0 Å². The topological polar surface area (TPSA) is 41.9 Å². The molecule has 0 bridgehead atoms. The van der Waals surface area contributed by atoms with Crippen molar-refractivity contribution in [2.75, 3.05) is 10.6 Å². The Morgan fingerprint density at radius 1 is 1.08 bits per heavy atom. The van der Waals surface area contributed by atoms with Crippen molar-refractivity contribution in [1.82, 2.24) is 9.78 Å². The molecule has 0 aliphatic rings. The van der Waals surface area contributed by atoms with Gasteiger partial charge < -0.3 is 10.6 Å². The zero-order valence-corrected chi connectivity index (χ0v) is 15.7. The summed E-state index contributed by atoms with van der Waals surface area (Å²) in [6, 6.07) is 15.9. The van der Waals surface area contributed by atoms with Gasteiger partial charge in [0.15, 0.2) is 10.9 Å². The predicted octanol–water partition coefficient (Wildman–Crippen LogP) is 5.01. The summed E-state index contributed by atoms with van der Waals surface area (Å²) < 4.78 is 1.89. The first-order chi connectivity index (χ1) is 12.0. The summed E-state index contributed by atoms with van der Waals surface area (Å²) in [5.41, 5.74) is 4.33. The second-order valence-corrected chi connectivity index (χ2v) is 6.63. The van der Waals surface area contributed by atoms with E-state index in [0.29, 0.717) is 16.0 Å². The third-order valence-corrected chi connectivity index (χ3v) is 4.61. The number of anilines is 2. The van der Waals surface area contributed by atoms with E-state index >= 15 is 0 Å².